The van der Waals surface area contributed by atoms with Crippen LogP contribution < -0.4 is 10.2 Å². The Morgan fingerprint density at radius 1 is 0.868 bits per heavy atom. The number of hydrogen-bond acceptors (Lipinski definition) is 5. The summed E-state index contributed by atoms with van der Waals surface area (Å²) >= 11 is 0. The minimum absolute atomic E-state index is 0.0432. The number of nitrogens with zero attached hydrogens (tertiary/aromatic N) is 2. The third-order valence-corrected chi connectivity index (χ3v) is 7.29. The van der Waals surface area contributed by atoms with Crippen LogP contribution in [0.25, 0.3) is 0 Å². The Balaban J connectivity index is 1.41. The van der Waals surface area contributed by atoms with Crippen molar-refractivity contribution in [1.29, 1.82) is 0 Å². The van der Waals surface area contributed by atoms with Gasteiger partial charge in [0, 0.05) is 6.54 Å². The molecule has 9 heteroatoms. The average molecular weight is 532 g/mol. The monoisotopic (exact) mass is 531 g/mol. The summed E-state index contributed by atoms with van der Waals surface area (Å²) in [4.78, 5) is 12.6. The Labute approximate surface area is 221 Å². The molecular weight excluding hydrogens is 505 g/mol. The van der Waals surface area contributed by atoms with Gasteiger partial charge in [-0.3, -0.25) is 4.79 Å². The summed E-state index contributed by atoms with van der Waals surface area (Å²) in [5, 5.41) is 3.98. The summed E-state index contributed by atoms with van der Waals surface area (Å²) in [6.45, 7) is -0.109. The van der Waals surface area contributed by atoms with Crippen molar-refractivity contribution in [2.75, 3.05) is 6.54 Å². The zero-order chi connectivity index (χ0) is 26.8. The van der Waals surface area contributed by atoms with Crippen molar-refractivity contribution in [1.82, 2.24) is 9.73 Å². The molecular formula is C29H26FN3O4S. The van der Waals surface area contributed by atoms with Gasteiger partial charge in [-0.2, -0.15) is 9.41 Å². The molecule has 4 aromatic carbocycles. The maximum atomic E-state index is 13.4. The first kappa shape index (κ1) is 26.7. The van der Waals surface area contributed by atoms with E-state index in [-0.39, 0.29) is 11.4 Å². The van der Waals surface area contributed by atoms with E-state index in [1.54, 1.807) is 42.5 Å². The van der Waals surface area contributed by atoms with Crippen LogP contribution in [-0.4, -0.2) is 31.4 Å². The van der Waals surface area contributed by atoms with E-state index in [1.165, 1.54) is 18.3 Å². The number of rotatable bonds is 11. The highest BCUT2D eigenvalue weighted by Crippen LogP contribution is 2.19. The van der Waals surface area contributed by atoms with E-state index in [0.717, 1.165) is 22.0 Å². The minimum atomic E-state index is -4.09. The fraction of sp³-hybridized carbons (Fsp3) is 0.103. The van der Waals surface area contributed by atoms with Crippen LogP contribution in [0.2, 0.25) is 0 Å². The van der Waals surface area contributed by atoms with Crippen molar-refractivity contribution in [2.45, 2.75) is 18.0 Å². The zero-order valence-corrected chi connectivity index (χ0v) is 21.2. The van der Waals surface area contributed by atoms with Crippen molar-refractivity contribution in [3.05, 3.63) is 132 Å². The molecule has 0 radical (unpaired) electrons. The van der Waals surface area contributed by atoms with E-state index in [0.29, 0.717) is 23.5 Å². The highest BCUT2D eigenvalue weighted by atomic mass is 32.2. The molecule has 0 saturated heterocycles. The first-order valence-corrected chi connectivity index (χ1v) is 13.2. The van der Waals surface area contributed by atoms with Gasteiger partial charge in [-0.15, -0.1) is 0 Å². The average Bonchev–Trinajstić information content (AvgIpc) is 2.93. The Bertz CT molecular complexity index is 1480. The normalized spacial score (nSPS) is 11.5. The van der Waals surface area contributed by atoms with Gasteiger partial charge in [0.2, 0.25) is 10.0 Å². The number of amides is 1. The third-order valence-electron chi connectivity index (χ3n) is 5.48. The van der Waals surface area contributed by atoms with Crippen molar-refractivity contribution in [3.8, 4) is 5.75 Å². The summed E-state index contributed by atoms with van der Waals surface area (Å²) in [5.41, 5.74) is 4.80. The van der Waals surface area contributed by atoms with E-state index in [9.17, 15) is 17.6 Å². The number of carbonyl (C=O) groups excluding carboxylic acids is 1. The Morgan fingerprint density at radius 3 is 2.21 bits per heavy atom. The number of sulfonamides is 1. The van der Waals surface area contributed by atoms with Gasteiger partial charge in [0.05, 0.1) is 17.7 Å². The second kappa shape index (κ2) is 12.8. The summed E-state index contributed by atoms with van der Waals surface area (Å²) in [6, 6.07) is 30.3. The van der Waals surface area contributed by atoms with Gasteiger partial charge in [0.15, 0.2) is 0 Å². The molecule has 0 saturated carbocycles. The van der Waals surface area contributed by atoms with Gasteiger partial charge >= 0.3 is 0 Å². The molecule has 7 nitrogen and oxygen atoms in total. The van der Waals surface area contributed by atoms with Gasteiger partial charge in [-0.1, -0.05) is 72.8 Å². The van der Waals surface area contributed by atoms with Gasteiger partial charge in [0.25, 0.3) is 5.91 Å². The van der Waals surface area contributed by atoms with Crippen LogP contribution in [0.15, 0.2) is 119 Å². The number of benzene rings is 4. The maximum Gasteiger partial charge on any atom is 0.255 e. The predicted molar refractivity (Wildman–Crippen MR) is 143 cm³/mol. The van der Waals surface area contributed by atoms with E-state index in [2.05, 4.69) is 10.5 Å². The molecule has 0 bridgehead atoms. The molecule has 0 unspecified atom stereocenters. The lowest BCUT2D eigenvalue weighted by Crippen LogP contribution is -2.39. The number of hydrazone groups is 1. The van der Waals surface area contributed by atoms with Gasteiger partial charge in [-0.05, 0) is 53.1 Å². The van der Waals surface area contributed by atoms with Gasteiger partial charge in [-0.25, -0.2) is 18.2 Å². The fourth-order valence-electron chi connectivity index (χ4n) is 3.57. The van der Waals surface area contributed by atoms with Crippen LogP contribution in [0.1, 0.15) is 16.7 Å². The topological polar surface area (TPSA) is 88.1 Å². The molecule has 0 heterocycles. The molecule has 4 aromatic rings. The molecule has 0 aliphatic carbocycles. The molecule has 1 N–H and O–H groups in total. The number of ether oxygens (including phenoxy) is 1. The molecule has 0 spiro atoms. The van der Waals surface area contributed by atoms with E-state index >= 15 is 0 Å². The maximum absolute atomic E-state index is 13.4. The molecule has 0 aliphatic rings. The number of halogens is 1. The largest absolute Gasteiger partial charge is 0.489 e. The second-order valence-electron chi connectivity index (χ2n) is 8.35. The molecule has 38 heavy (non-hydrogen) atoms. The van der Waals surface area contributed by atoms with Crippen LogP contribution in [0.5, 0.6) is 5.75 Å². The third kappa shape index (κ3) is 7.58. The summed E-state index contributed by atoms with van der Waals surface area (Å²) < 4.78 is 46.7. The van der Waals surface area contributed by atoms with Gasteiger partial charge in [0.1, 0.15) is 18.2 Å². The lowest BCUT2D eigenvalue weighted by Gasteiger charge is -2.21. The van der Waals surface area contributed by atoms with Gasteiger partial charge < -0.3 is 4.74 Å². The van der Waals surface area contributed by atoms with E-state index < -0.39 is 28.3 Å². The molecule has 194 valence electrons. The SMILES string of the molecule is O=C(CN(Cc1ccccc1)S(=O)(=O)c1ccc(F)cc1)N/N=C\c1cccc(OCc2ccccc2)c1. The van der Waals surface area contributed by atoms with E-state index in [1.807, 2.05) is 42.5 Å². The Kier molecular flexibility index (Phi) is 8.97. The Morgan fingerprint density at radius 2 is 1.53 bits per heavy atom. The van der Waals surface area contributed by atoms with Crippen molar-refractivity contribution < 1.29 is 22.3 Å². The number of carbonyl (C=O) groups is 1. The molecule has 4 rings (SSSR count). The summed E-state index contributed by atoms with van der Waals surface area (Å²) in [5.74, 6) is -0.539. The second-order valence-corrected chi connectivity index (χ2v) is 10.3. The van der Waals surface area contributed by atoms with Crippen LogP contribution in [0.3, 0.4) is 0 Å². The van der Waals surface area contributed by atoms with Crippen molar-refractivity contribution in [2.24, 2.45) is 5.10 Å². The van der Waals surface area contributed by atoms with E-state index in [4.69, 9.17) is 4.74 Å². The fourth-order valence-corrected chi connectivity index (χ4v) is 4.95. The van der Waals surface area contributed by atoms with Crippen LogP contribution in [-0.2, 0) is 28.0 Å². The first-order chi connectivity index (χ1) is 18.4. The van der Waals surface area contributed by atoms with Crippen molar-refractivity contribution >= 4 is 22.1 Å². The minimum Gasteiger partial charge on any atom is -0.489 e. The molecule has 0 atom stereocenters. The number of hydrogen-bond donors (Lipinski definition) is 1. The standard InChI is InChI=1S/C29H26FN3O4S/c30-26-14-16-28(17-15-26)38(35,36)33(20-23-8-3-1-4-9-23)21-29(34)32-31-19-25-12-7-13-27(18-25)37-22-24-10-5-2-6-11-24/h1-19H,20-22H2,(H,32,34)/b31-19-. The molecule has 0 aromatic heterocycles. The quantitative estimate of drug-likeness (QED) is 0.224. The zero-order valence-electron chi connectivity index (χ0n) is 20.4. The van der Waals surface area contributed by atoms with Crippen molar-refractivity contribution in [3.63, 3.8) is 0 Å². The summed E-state index contributed by atoms with van der Waals surface area (Å²) in [6.07, 6.45) is 1.45. The highest BCUT2D eigenvalue weighted by Gasteiger charge is 2.27. The lowest BCUT2D eigenvalue weighted by molar-refractivity contribution is -0.121. The summed E-state index contributed by atoms with van der Waals surface area (Å²) in [7, 11) is -4.09. The Hall–Kier alpha value is -4.34. The predicted octanol–water partition coefficient (Wildman–Crippen LogP) is 4.75. The highest BCUT2D eigenvalue weighted by molar-refractivity contribution is 7.89. The van der Waals surface area contributed by atoms with Crippen LogP contribution in [0.4, 0.5) is 4.39 Å². The molecule has 1 amide bonds. The number of nitrogens with one attached hydrogen (secondary N) is 1. The smallest absolute Gasteiger partial charge is 0.255 e. The molecule has 0 aliphatic heterocycles. The lowest BCUT2D eigenvalue weighted by atomic mass is 10.2. The van der Waals surface area contributed by atoms with Crippen LogP contribution >= 0.6 is 0 Å². The first-order valence-electron chi connectivity index (χ1n) is 11.8. The molecule has 0 fully saturated rings. The van der Waals surface area contributed by atoms with Crippen LogP contribution in [0, 0.1) is 5.82 Å².